The van der Waals surface area contributed by atoms with Crippen molar-refractivity contribution in [2.75, 3.05) is 6.54 Å². The van der Waals surface area contributed by atoms with E-state index in [0.717, 1.165) is 37.7 Å². The molecule has 2 N–H and O–H groups in total. The molecule has 130 valence electrons. The third-order valence-electron chi connectivity index (χ3n) is 3.85. The van der Waals surface area contributed by atoms with Crippen molar-refractivity contribution in [1.82, 2.24) is 25.4 Å². The molecule has 0 saturated carbocycles. The van der Waals surface area contributed by atoms with Crippen molar-refractivity contribution in [2.45, 2.75) is 52.7 Å². The number of aromatic nitrogens is 3. The fourth-order valence-electron chi connectivity index (χ4n) is 2.47. The van der Waals surface area contributed by atoms with Gasteiger partial charge in [-0.25, -0.2) is 4.99 Å². The summed E-state index contributed by atoms with van der Waals surface area (Å²) < 4.78 is 2.01. The van der Waals surface area contributed by atoms with Gasteiger partial charge in [-0.1, -0.05) is 30.3 Å². The van der Waals surface area contributed by atoms with Crippen molar-refractivity contribution in [3.63, 3.8) is 0 Å². The first-order valence-electron chi connectivity index (χ1n) is 8.68. The van der Waals surface area contributed by atoms with Crippen LogP contribution in [0.4, 0.5) is 0 Å². The van der Waals surface area contributed by atoms with Crippen LogP contribution in [0.15, 0.2) is 41.7 Å². The van der Waals surface area contributed by atoms with E-state index in [1.807, 2.05) is 4.57 Å². The molecule has 0 aliphatic heterocycles. The number of guanidine groups is 1. The number of aryl methyl sites for hydroxylation is 2. The van der Waals surface area contributed by atoms with Gasteiger partial charge in [-0.05, 0) is 39.2 Å². The summed E-state index contributed by atoms with van der Waals surface area (Å²) in [6.45, 7) is 8.54. The molecule has 1 unspecified atom stereocenters. The maximum atomic E-state index is 4.63. The molecule has 0 saturated heterocycles. The quantitative estimate of drug-likeness (QED) is 0.577. The lowest BCUT2D eigenvalue weighted by atomic mass is 10.1. The summed E-state index contributed by atoms with van der Waals surface area (Å²) in [6, 6.07) is 10.9. The Labute approximate surface area is 144 Å². The van der Waals surface area contributed by atoms with Crippen LogP contribution in [0.5, 0.6) is 0 Å². The van der Waals surface area contributed by atoms with Crippen LogP contribution in [0.25, 0.3) is 0 Å². The molecule has 1 heterocycles. The monoisotopic (exact) mass is 328 g/mol. The summed E-state index contributed by atoms with van der Waals surface area (Å²) in [6.07, 6.45) is 3.85. The Morgan fingerprint density at radius 2 is 2.04 bits per heavy atom. The molecule has 1 aromatic carbocycles. The number of hydrogen-bond acceptors (Lipinski definition) is 3. The van der Waals surface area contributed by atoms with Crippen LogP contribution in [-0.2, 0) is 19.5 Å². The third kappa shape index (κ3) is 5.68. The molecule has 0 bridgehead atoms. The van der Waals surface area contributed by atoms with E-state index in [0.29, 0.717) is 12.6 Å². The van der Waals surface area contributed by atoms with E-state index in [-0.39, 0.29) is 0 Å². The van der Waals surface area contributed by atoms with Gasteiger partial charge in [0.15, 0.2) is 11.8 Å². The molecule has 1 aromatic heterocycles. The van der Waals surface area contributed by atoms with E-state index in [1.165, 1.54) is 5.56 Å². The van der Waals surface area contributed by atoms with Crippen LogP contribution in [-0.4, -0.2) is 33.3 Å². The van der Waals surface area contributed by atoms with Crippen molar-refractivity contribution in [3.8, 4) is 0 Å². The Kier molecular flexibility index (Phi) is 7.26. The minimum absolute atomic E-state index is 0.340. The van der Waals surface area contributed by atoms with Gasteiger partial charge < -0.3 is 15.2 Å². The number of hydrogen-bond donors (Lipinski definition) is 2. The molecule has 0 radical (unpaired) electrons. The molecular formula is C18H28N6. The summed E-state index contributed by atoms with van der Waals surface area (Å²) in [7, 11) is 0. The second-order valence-corrected chi connectivity index (χ2v) is 5.80. The zero-order valence-corrected chi connectivity index (χ0v) is 14.9. The number of nitrogens with zero attached hydrogens (tertiary/aromatic N) is 4. The molecule has 24 heavy (non-hydrogen) atoms. The lowest BCUT2D eigenvalue weighted by Crippen LogP contribution is -2.42. The highest BCUT2D eigenvalue weighted by molar-refractivity contribution is 5.79. The highest BCUT2D eigenvalue weighted by Crippen LogP contribution is 2.05. The minimum atomic E-state index is 0.340. The zero-order chi connectivity index (χ0) is 17.2. The van der Waals surface area contributed by atoms with Crippen molar-refractivity contribution in [2.24, 2.45) is 4.99 Å². The largest absolute Gasteiger partial charge is 0.357 e. The predicted molar refractivity (Wildman–Crippen MR) is 97.9 cm³/mol. The summed E-state index contributed by atoms with van der Waals surface area (Å²) in [4.78, 5) is 4.63. The standard InChI is InChI=1S/C18H28N6/c1-4-19-18(20-13-17-23-21-14-24(17)5-2)22-15(3)11-12-16-9-7-6-8-10-16/h6-10,14-15H,4-5,11-13H2,1-3H3,(H2,19,20,22). The number of rotatable bonds is 8. The zero-order valence-electron chi connectivity index (χ0n) is 14.9. The number of nitrogens with one attached hydrogen (secondary N) is 2. The first-order valence-corrected chi connectivity index (χ1v) is 8.68. The van der Waals surface area contributed by atoms with Crippen LogP contribution in [0.3, 0.4) is 0 Å². The number of aliphatic imine (C=N–C) groups is 1. The maximum Gasteiger partial charge on any atom is 0.191 e. The summed E-state index contributed by atoms with van der Waals surface area (Å²) >= 11 is 0. The van der Waals surface area contributed by atoms with Gasteiger partial charge in [0.1, 0.15) is 12.9 Å². The molecule has 2 aromatic rings. The van der Waals surface area contributed by atoms with Crippen molar-refractivity contribution < 1.29 is 0 Å². The Morgan fingerprint density at radius 1 is 1.25 bits per heavy atom. The molecular weight excluding hydrogens is 300 g/mol. The van der Waals surface area contributed by atoms with E-state index >= 15 is 0 Å². The summed E-state index contributed by atoms with van der Waals surface area (Å²) in [5.74, 6) is 1.70. The maximum absolute atomic E-state index is 4.63. The van der Waals surface area contributed by atoms with Gasteiger partial charge in [0.25, 0.3) is 0 Å². The third-order valence-corrected chi connectivity index (χ3v) is 3.85. The van der Waals surface area contributed by atoms with Gasteiger partial charge in [-0.3, -0.25) is 0 Å². The Bertz CT molecular complexity index is 619. The van der Waals surface area contributed by atoms with Gasteiger partial charge in [-0.2, -0.15) is 0 Å². The van der Waals surface area contributed by atoms with Gasteiger partial charge in [0.05, 0.1) is 0 Å². The highest BCUT2D eigenvalue weighted by Gasteiger charge is 2.07. The molecule has 2 rings (SSSR count). The van der Waals surface area contributed by atoms with Crippen molar-refractivity contribution in [3.05, 3.63) is 48.0 Å². The smallest absolute Gasteiger partial charge is 0.191 e. The van der Waals surface area contributed by atoms with Gasteiger partial charge in [-0.15, -0.1) is 10.2 Å². The van der Waals surface area contributed by atoms with Crippen LogP contribution < -0.4 is 10.6 Å². The average Bonchev–Trinajstić information content (AvgIpc) is 3.06. The van der Waals surface area contributed by atoms with E-state index < -0.39 is 0 Å². The minimum Gasteiger partial charge on any atom is -0.357 e. The summed E-state index contributed by atoms with van der Waals surface area (Å²) in [5, 5.41) is 14.8. The van der Waals surface area contributed by atoms with Crippen LogP contribution >= 0.6 is 0 Å². The molecule has 0 aliphatic carbocycles. The van der Waals surface area contributed by atoms with E-state index in [4.69, 9.17) is 0 Å². The molecule has 6 heteroatoms. The predicted octanol–water partition coefficient (Wildman–Crippen LogP) is 2.37. The fourth-order valence-corrected chi connectivity index (χ4v) is 2.47. The molecule has 1 atom stereocenters. The second-order valence-electron chi connectivity index (χ2n) is 5.80. The Balaban J connectivity index is 1.88. The highest BCUT2D eigenvalue weighted by atomic mass is 15.3. The van der Waals surface area contributed by atoms with Crippen molar-refractivity contribution >= 4 is 5.96 Å². The summed E-state index contributed by atoms with van der Waals surface area (Å²) in [5.41, 5.74) is 1.36. The number of benzene rings is 1. The fraction of sp³-hybridized carbons (Fsp3) is 0.500. The van der Waals surface area contributed by atoms with Gasteiger partial charge >= 0.3 is 0 Å². The lowest BCUT2D eigenvalue weighted by molar-refractivity contribution is 0.592. The first kappa shape index (κ1) is 18.0. The molecule has 0 amide bonds. The molecule has 0 spiro atoms. The second kappa shape index (κ2) is 9.70. The lowest BCUT2D eigenvalue weighted by Gasteiger charge is -2.17. The average molecular weight is 328 g/mol. The first-order chi connectivity index (χ1) is 11.7. The SMILES string of the molecule is CCNC(=NCc1nncn1CC)NC(C)CCc1ccccc1. The van der Waals surface area contributed by atoms with E-state index in [1.54, 1.807) is 6.33 Å². The van der Waals surface area contributed by atoms with Crippen molar-refractivity contribution in [1.29, 1.82) is 0 Å². The topological polar surface area (TPSA) is 67.1 Å². The van der Waals surface area contributed by atoms with Crippen LogP contribution in [0.1, 0.15) is 38.6 Å². The van der Waals surface area contributed by atoms with E-state index in [2.05, 4.69) is 76.9 Å². The van der Waals surface area contributed by atoms with Crippen LogP contribution in [0, 0.1) is 0 Å². The Morgan fingerprint density at radius 3 is 2.75 bits per heavy atom. The normalized spacial score (nSPS) is 12.9. The van der Waals surface area contributed by atoms with Gasteiger partial charge in [0, 0.05) is 19.1 Å². The van der Waals surface area contributed by atoms with Crippen LogP contribution in [0.2, 0.25) is 0 Å². The molecule has 0 aliphatic rings. The molecule has 0 fully saturated rings. The molecule has 6 nitrogen and oxygen atoms in total. The Hall–Kier alpha value is -2.37. The van der Waals surface area contributed by atoms with E-state index in [9.17, 15) is 0 Å². The van der Waals surface area contributed by atoms with Gasteiger partial charge in [0.2, 0.25) is 0 Å².